The highest BCUT2D eigenvalue weighted by atomic mass is 35.5. The lowest BCUT2D eigenvalue weighted by Crippen LogP contribution is -2.28. The van der Waals surface area contributed by atoms with Crippen LogP contribution >= 0.6 is 11.6 Å². The van der Waals surface area contributed by atoms with E-state index in [1.807, 2.05) is 36.2 Å². The third kappa shape index (κ3) is 6.92. The van der Waals surface area contributed by atoms with Crippen LogP contribution in [0.15, 0.2) is 24.3 Å². The van der Waals surface area contributed by atoms with Gasteiger partial charge in [0, 0.05) is 23.9 Å². The smallest absolute Gasteiger partial charge is 0.148 e. The molecule has 0 aliphatic rings. The number of nitrogens with zero attached hydrogens (tertiary/aromatic N) is 1. The fourth-order valence-electron chi connectivity index (χ4n) is 1.67. The monoisotopic (exact) mass is 304 g/mol. The van der Waals surface area contributed by atoms with Crippen molar-refractivity contribution in [2.45, 2.75) is 12.5 Å². The molecule has 2 N–H and O–H groups in total. The summed E-state index contributed by atoms with van der Waals surface area (Å²) < 4.78 is 22.1. The molecule has 108 valence electrons. The van der Waals surface area contributed by atoms with Crippen LogP contribution in [0.2, 0.25) is 5.02 Å². The molecule has 0 aliphatic heterocycles. The largest absolute Gasteiger partial charge is 0.324 e. The lowest BCUT2D eigenvalue weighted by molar-refractivity contribution is 0.335. The predicted octanol–water partition coefficient (Wildman–Crippen LogP) is 1.71. The summed E-state index contributed by atoms with van der Waals surface area (Å²) in [6, 6.07) is 7.43. The normalized spacial score (nSPS) is 13.7. The molecule has 0 heterocycles. The highest BCUT2D eigenvalue weighted by molar-refractivity contribution is 7.90. The van der Waals surface area contributed by atoms with Gasteiger partial charge >= 0.3 is 0 Å². The summed E-state index contributed by atoms with van der Waals surface area (Å²) in [5, 5.41) is 0.696. The Bertz CT molecular complexity index is 488. The Morgan fingerprint density at radius 1 is 1.26 bits per heavy atom. The second kappa shape index (κ2) is 7.24. The van der Waals surface area contributed by atoms with Crippen molar-refractivity contribution >= 4 is 21.4 Å². The molecule has 6 heteroatoms. The van der Waals surface area contributed by atoms with Crippen LogP contribution in [-0.2, 0) is 9.84 Å². The number of benzene rings is 1. The first kappa shape index (κ1) is 16.4. The molecule has 0 bridgehead atoms. The van der Waals surface area contributed by atoms with Gasteiger partial charge in [-0.25, -0.2) is 8.42 Å². The van der Waals surface area contributed by atoms with Crippen LogP contribution < -0.4 is 5.73 Å². The predicted molar refractivity (Wildman–Crippen MR) is 80.2 cm³/mol. The van der Waals surface area contributed by atoms with Gasteiger partial charge in [0.2, 0.25) is 0 Å². The molecule has 0 aromatic heterocycles. The maximum Gasteiger partial charge on any atom is 0.148 e. The first-order chi connectivity index (χ1) is 8.78. The Hall–Kier alpha value is -0.620. The number of sulfone groups is 1. The highest BCUT2D eigenvalue weighted by Crippen LogP contribution is 2.17. The molecule has 1 aromatic carbocycles. The zero-order valence-corrected chi connectivity index (χ0v) is 12.9. The first-order valence-electron chi connectivity index (χ1n) is 6.15. The van der Waals surface area contributed by atoms with Crippen LogP contribution in [0.25, 0.3) is 0 Å². The van der Waals surface area contributed by atoms with Gasteiger partial charge in [0.15, 0.2) is 0 Å². The molecule has 0 radical (unpaired) electrons. The van der Waals surface area contributed by atoms with Gasteiger partial charge in [0.25, 0.3) is 0 Å². The second-order valence-corrected chi connectivity index (χ2v) is 7.58. The van der Waals surface area contributed by atoms with E-state index in [9.17, 15) is 8.42 Å². The maximum absolute atomic E-state index is 11.1. The van der Waals surface area contributed by atoms with Crippen LogP contribution in [0.4, 0.5) is 0 Å². The average molecular weight is 305 g/mol. The van der Waals surface area contributed by atoms with E-state index in [1.54, 1.807) is 0 Å². The lowest BCUT2D eigenvalue weighted by atomic mass is 10.0. The van der Waals surface area contributed by atoms with Gasteiger partial charge in [-0.1, -0.05) is 23.7 Å². The summed E-state index contributed by atoms with van der Waals surface area (Å²) in [7, 11) is -1.000. The van der Waals surface area contributed by atoms with Crippen molar-refractivity contribution in [3.8, 4) is 0 Å². The van der Waals surface area contributed by atoms with Crippen LogP contribution in [0.1, 0.15) is 18.0 Å². The van der Waals surface area contributed by atoms with E-state index in [1.165, 1.54) is 6.26 Å². The lowest BCUT2D eigenvalue weighted by Gasteiger charge is -2.19. The summed E-state index contributed by atoms with van der Waals surface area (Å²) in [6.45, 7) is 1.30. The third-order valence-electron chi connectivity index (χ3n) is 2.96. The SMILES string of the molecule is CN(CCC(N)c1ccc(Cl)cc1)CCS(C)(=O)=O. The molecule has 0 aliphatic carbocycles. The number of rotatable bonds is 7. The highest BCUT2D eigenvalue weighted by Gasteiger charge is 2.09. The Morgan fingerprint density at radius 3 is 2.37 bits per heavy atom. The summed E-state index contributed by atoms with van der Waals surface area (Å²) in [5.41, 5.74) is 7.13. The van der Waals surface area contributed by atoms with E-state index in [4.69, 9.17) is 17.3 Å². The quantitative estimate of drug-likeness (QED) is 0.833. The van der Waals surface area contributed by atoms with Crippen LogP contribution in [0, 0.1) is 0 Å². The van der Waals surface area contributed by atoms with Gasteiger partial charge in [0.1, 0.15) is 9.84 Å². The minimum Gasteiger partial charge on any atom is -0.324 e. The molecule has 1 aromatic rings. The third-order valence-corrected chi connectivity index (χ3v) is 4.14. The van der Waals surface area contributed by atoms with Gasteiger partial charge in [-0.3, -0.25) is 0 Å². The van der Waals surface area contributed by atoms with Gasteiger partial charge in [-0.15, -0.1) is 0 Å². The molecule has 1 atom stereocenters. The van der Waals surface area contributed by atoms with Crippen LogP contribution in [0.5, 0.6) is 0 Å². The summed E-state index contributed by atoms with van der Waals surface area (Å²) >= 11 is 5.82. The number of hydrogen-bond acceptors (Lipinski definition) is 4. The zero-order valence-electron chi connectivity index (χ0n) is 11.3. The van der Waals surface area contributed by atoms with Gasteiger partial charge < -0.3 is 10.6 Å². The second-order valence-electron chi connectivity index (χ2n) is 4.88. The van der Waals surface area contributed by atoms with E-state index in [2.05, 4.69) is 0 Å². The van der Waals surface area contributed by atoms with Crippen molar-refractivity contribution in [1.29, 1.82) is 0 Å². The van der Waals surface area contributed by atoms with Crippen molar-refractivity contribution in [3.05, 3.63) is 34.9 Å². The number of halogens is 1. The minimum atomic E-state index is -2.90. The molecule has 0 fully saturated rings. The molecule has 1 rings (SSSR count). The van der Waals surface area contributed by atoms with Crippen molar-refractivity contribution in [2.24, 2.45) is 5.73 Å². The van der Waals surface area contributed by atoms with E-state index < -0.39 is 9.84 Å². The standard InChI is InChI=1S/C13H21ClN2O2S/c1-16(9-10-19(2,17)18)8-7-13(15)11-3-5-12(14)6-4-11/h3-6,13H,7-10,15H2,1-2H3. The van der Waals surface area contributed by atoms with Crippen molar-refractivity contribution in [3.63, 3.8) is 0 Å². The fraction of sp³-hybridized carbons (Fsp3) is 0.538. The molecular weight excluding hydrogens is 284 g/mol. The summed E-state index contributed by atoms with van der Waals surface area (Å²) in [6.07, 6.45) is 2.03. The average Bonchev–Trinajstić information content (AvgIpc) is 2.33. The van der Waals surface area contributed by atoms with Crippen molar-refractivity contribution in [1.82, 2.24) is 4.90 Å². The summed E-state index contributed by atoms with van der Waals surface area (Å²) in [4.78, 5) is 1.98. The summed E-state index contributed by atoms with van der Waals surface area (Å²) in [5.74, 6) is 0.180. The van der Waals surface area contributed by atoms with Gasteiger partial charge in [0.05, 0.1) is 5.75 Å². The molecule has 0 spiro atoms. The fourth-order valence-corrected chi connectivity index (χ4v) is 2.44. The van der Waals surface area contributed by atoms with Gasteiger partial charge in [-0.2, -0.15) is 0 Å². The molecule has 0 amide bonds. The molecule has 0 saturated heterocycles. The molecule has 0 saturated carbocycles. The number of nitrogens with two attached hydrogens (primary N) is 1. The van der Waals surface area contributed by atoms with E-state index >= 15 is 0 Å². The van der Waals surface area contributed by atoms with E-state index in [0.29, 0.717) is 11.6 Å². The maximum atomic E-state index is 11.1. The van der Waals surface area contributed by atoms with Crippen molar-refractivity contribution in [2.75, 3.05) is 32.1 Å². The van der Waals surface area contributed by atoms with E-state index in [-0.39, 0.29) is 11.8 Å². The topological polar surface area (TPSA) is 63.4 Å². The molecule has 4 nitrogen and oxygen atoms in total. The Labute approximate surface area is 120 Å². The zero-order chi connectivity index (χ0) is 14.5. The van der Waals surface area contributed by atoms with Crippen LogP contribution in [-0.4, -0.2) is 45.5 Å². The molecule has 1 unspecified atom stereocenters. The van der Waals surface area contributed by atoms with E-state index in [0.717, 1.165) is 18.5 Å². The molecule has 19 heavy (non-hydrogen) atoms. The molecular formula is C13H21ClN2O2S. The number of hydrogen-bond donors (Lipinski definition) is 1. The Balaban J connectivity index is 2.37. The van der Waals surface area contributed by atoms with Gasteiger partial charge in [-0.05, 0) is 37.7 Å². The van der Waals surface area contributed by atoms with Crippen molar-refractivity contribution < 1.29 is 8.42 Å². The van der Waals surface area contributed by atoms with Crippen LogP contribution in [0.3, 0.4) is 0 Å². The minimum absolute atomic E-state index is 0.0575. The first-order valence-corrected chi connectivity index (χ1v) is 8.59. The Kier molecular flexibility index (Phi) is 6.26. The Morgan fingerprint density at radius 2 is 1.84 bits per heavy atom.